The van der Waals surface area contributed by atoms with Gasteiger partial charge in [-0.15, -0.1) is 10.2 Å². The summed E-state index contributed by atoms with van der Waals surface area (Å²) < 4.78 is 39.1. The van der Waals surface area contributed by atoms with E-state index in [1.54, 1.807) is 0 Å². The molecular formula is C18H24F3N5OS. The predicted molar refractivity (Wildman–Crippen MR) is 106 cm³/mol. The number of rotatable bonds is 7. The Labute approximate surface area is 166 Å². The molecule has 0 saturated carbocycles. The van der Waals surface area contributed by atoms with Crippen LogP contribution >= 0.6 is 11.3 Å². The molecule has 0 spiro atoms. The van der Waals surface area contributed by atoms with Crippen molar-refractivity contribution in [3.63, 3.8) is 0 Å². The van der Waals surface area contributed by atoms with Gasteiger partial charge in [0.05, 0.1) is 11.3 Å². The molecule has 2 amide bonds. The van der Waals surface area contributed by atoms with Gasteiger partial charge in [-0.05, 0) is 24.0 Å². The number of aromatic nitrogens is 2. The van der Waals surface area contributed by atoms with Crippen LogP contribution in [-0.4, -0.2) is 29.3 Å². The molecule has 0 aliphatic carbocycles. The third-order valence-corrected chi connectivity index (χ3v) is 4.46. The average Bonchev–Trinajstić information content (AvgIpc) is 3.01. The van der Waals surface area contributed by atoms with Crippen LogP contribution in [0.1, 0.15) is 33.3 Å². The van der Waals surface area contributed by atoms with Gasteiger partial charge in [0.1, 0.15) is 0 Å². The zero-order valence-electron chi connectivity index (χ0n) is 16.2. The first-order chi connectivity index (χ1) is 13.1. The number of halogens is 3. The number of nitrogens with one attached hydrogen (secondary N) is 2. The van der Waals surface area contributed by atoms with Crippen molar-refractivity contribution in [2.75, 3.05) is 28.6 Å². The van der Waals surface area contributed by atoms with Crippen molar-refractivity contribution in [2.45, 2.75) is 33.9 Å². The van der Waals surface area contributed by atoms with Gasteiger partial charge >= 0.3 is 12.2 Å². The lowest BCUT2D eigenvalue weighted by Crippen LogP contribution is -2.31. The van der Waals surface area contributed by atoms with Crippen LogP contribution < -0.4 is 15.5 Å². The van der Waals surface area contributed by atoms with Crippen LogP contribution in [0.15, 0.2) is 24.3 Å². The molecule has 2 N–H and O–H groups in total. The van der Waals surface area contributed by atoms with E-state index in [1.807, 2.05) is 0 Å². The molecule has 6 nitrogen and oxygen atoms in total. The normalized spacial score (nSPS) is 11.8. The van der Waals surface area contributed by atoms with Crippen molar-refractivity contribution < 1.29 is 18.0 Å². The maximum absolute atomic E-state index is 13.0. The summed E-state index contributed by atoms with van der Waals surface area (Å²) >= 11 is 1.18. The number of urea groups is 1. The number of alkyl halides is 3. The standard InChI is InChI=1S/C18H24F3N5OS/c1-11(2)9-26(10-12(3)4)17-25-24-16(28-17)23-15(27)22-14-8-6-5-7-13(14)18(19,20)21/h5-8,11-12H,9-10H2,1-4H3,(H2,22,23,24,27). The van der Waals surface area contributed by atoms with E-state index in [-0.39, 0.29) is 10.8 Å². The SMILES string of the molecule is CC(C)CN(CC(C)C)c1nnc(NC(=O)Nc2ccccc2C(F)(F)F)s1. The van der Waals surface area contributed by atoms with E-state index in [2.05, 4.69) is 53.4 Å². The smallest absolute Gasteiger partial charge is 0.346 e. The van der Waals surface area contributed by atoms with E-state index in [0.29, 0.717) is 17.0 Å². The monoisotopic (exact) mass is 415 g/mol. The summed E-state index contributed by atoms with van der Waals surface area (Å²) in [6.45, 7) is 9.96. The van der Waals surface area contributed by atoms with Crippen LogP contribution in [0.3, 0.4) is 0 Å². The number of para-hydroxylation sites is 1. The lowest BCUT2D eigenvalue weighted by Gasteiger charge is -2.25. The van der Waals surface area contributed by atoms with Gasteiger partial charge in [0.25, 0.3) is 0 Å². The number of hydrogen-bond acceptors (Lipinski definition) is 5. The molecule has 0 saturated heterocycles. The second-order valence-corrected chi connectivity index (χ2v) is 8.16. The van der Waals surface area contributed by atoms with Crippen LogP contribution in [0.2, 0.25) is 0 Å². The van der Waals surface area contributed by atoms with Gasteiger partial charge in [0.15, 0.2) is 0 Å². The highest BCUT2D eigenvalue weighted by Crippen LogP contribution is 2.34. The summed E-state index contributed by atoms with van der Waals surface area (Å²) in [7, 11) is 0. The van der Waals surface area contributed by atoms with Crippen molar-refractivity contribution in [3.8, 4) is 0 Å². The highest BCUT2D eigenvalue weighted by Gasteiger charge is 2.33. The van der Waals surface area contributed by atoms with E-state index >= 15 is 0 Å². The Bertz CT molecular complexity index is 782. The van der Waals surface area contributed by atoms with Crippen LogP contribution in [0.25, 0.3) is 0 Å². The molecule has 0 atom stereocenters. The average molecular weight is 415 g/mol. The number of amides is 2. The Morgan fingerprint density at radius 1 is 1.07 bits per heavy atom. The van der Waals surface area contributed by atoms with E-state index < -0.39 is 17.8 Å². The predicted octanol–water partition coefficient (Wildman–Crippen LogP) is 5.32. The van der Waals surface area contributed by atoms with Gasteiger partial charge in [-0.3, -0.25) is 5.32 Å². The minimum Gasteiger partial charge on any atom is -0.346 e. The molecular weight excluding hydrogens is 391 g/mol. The number of anilines is 3. The second kappa shape index (κ2) is 9.22. The maximum Gasteiger partial charge on any atom is 0.418 e. The molecule has 1 heterocycles. The molecule has 0 fully saturated rings. The number of hydrogen-bond donors (Lipinski definition) is 2. The third-order valence-electron chi connectivity index (χ3n) is 3.56. The molecule has 0 aliphatic heterocycles. The number of carbonyl (C=O) groups excluding carboxylic acids is 1. The summed E-state index contributed by atoms with van der Waals surface area (Å²) in [5.74, 6) is 0.836. The Morgan fingerprint density at radius 2 is 1.68 bits per heavy atom. The first kappa shape index (κ1) is 21.9. The van der Waals surface area contributed by atoms with Crippen molar-refractivity contribution in [3.05, 3.63) is 29.8 Å². The molecule has 1 aromatic carbocycles. The molecule has 2 rings (SSSR count). The first-order valence-corrected chi connectivity index (χ1v) is 9.70. The molecule has 2 aromatic rings. The van der Waals surface area contributed by atoms with Gasteiger partial charge in [0.2, 0.25) is 10.3 Å². The molecule has 0 radical (unpaired) electrons. The van der Waals surface area contributed by atoms with Crippen LogP contribution in [0, 0.1) is 11.8 Å². The molecule has 154 valence electrons. The minimum absolute atomic E-state index is 0.217. The van der Waals surface area contributed by atoms with Crippen molar-refractivity contribution in [1.29, 1.82) is 0 Å². The fraction of sp³-hybridized carbons (Fsp3) is 0.500. The van der Waals surface area contributed by atoms with Crippen molar-refractivity contribution >= 4 is 33.3 Å². The number of benzene rings is 1. The van der Waals surface area contributed by atoms with Crippen LogP contribution in [-0.2, 0) is 6.18 Å². The quantitative estimate of drug-likeness (QED) is 0.642. The van der Waals surface area contributed by atoms with E-state index in [9.17, 15) is 18.0 Å². The number of nitrogens with zero attached hydrogens (tertiary/aromatic N) is 3. The summed E-state index contributed by atoms with van der Waals surface area (Å²) in [4.78, 5) is 14.2. The molecule has 10 heteroatoms. The fourth-order valence-corrected chi connectivity index (χ4v) is 3.35. The Kier molecular flexibility index (Phi) is 7.22. The largest absolute Gasteiger partial charge is 0.418 e. The molecule has 0 unspecified atom stereocenters. The zero-order chi connectivity index (χ0) is 20.9. The van der Waals surface area contributed by atoms with Gasteiger partial charge in [-0.25, -0.2) is 4.79 Å². The van der Waals surface area contributed by atoms with E-state index in [1.165, 1.54) is 29.5 Å². The fourth-order valence-electron chi connectivity index (χ4n) is 2.60. The molecule has 1 aromatic heterocycles. The molecule has 28 heavy (non-hydrogen) atoms. The van der Waals surface area contributed by atoms with Crippen molar-refractivity contribution in [2.24, 2.45) is 11.8 Å². The summed E-state index contributed by atoms with van der Waals surface area (Å²) in [5.41, 5.74) is -1.23. The van der Waals surface area contributed by atoms with Crippen LogP contribution in [0.5, 0.6) is 0 Å². The highest BCUT2D eigenvalue weighted by molar-refractivity contribution is 7.19. The molecule has 0 aliphatic rings. The third kappa shape index (κ3) is 6.36. The topological polar surface area (TPSA) is 70.2 Å². The Balaban J connectivity index is 2.08. The van der Waals surface area contributed by atoms with Gasteiger partial charge < -0.3 is 10.2 Å². The van der Waals surface area contributed by atoms with Crippen LogP contribution in [0.4, 0.5) is 33.9 Å². The summed E-state index contributed by atoms with van der Waals surface area (Å²) in [5, 5.41) is 13.6. The first-order valence-electron chi connectivity index (χ1n) is 8.89. The van der Waals surface area contributed by atoms with Gasteiger partial charge in [-0.2, -0.15) is 13.2 Å². The Hall–Kier alpha value is -2.36. The lowest BCUT2D eigenvalue weighted by molar-refractivity contribution is -0.136. The van der Waals surface area contributed by atoms with Crippen molar-refractivity contribution in [1.82, 2.24) is 10.2 Å². The molecule has 0 bridgehead atoms. The van der Waals surface area contributed by atoms with Gasteiger partial charge in [0, 0.05) is 13.1 Å². The van der Waals surface area contributed by atoms with E-state index in [0.717, 1.165) is 19.2 Å². The second-order valence-electron chi connectivity index (χ2n) is 7.20. The van der Waals surface area contributed by atoms with Gasteiger partial charge in [-0.1, -0.05) is 51.2 Å². The zero-order valence-corrected chi connectivity index (χ0v) is 17.0. The Morgan fingerprint density at radius 3 is 2.25 bits per heavy atom. The minimum atomic E-state index is -4.56. The van der Waals surface area contributed by atoms with E-state index in [4.69, 9.17) is 0 Å². The number of carbonyl (C=O) groups is 1. The summed E-state index contributed by atoms with van der Waals surface area (Å²) in [6, 6.07) is 3.98. The summed E-state index contributed by atoms with van der Waals surface area (Å²) in [6.07, 6.45) is -4.56. The maximum atomic E-state index is 13.0. The highest BCUT2D eigenvalue weighted by atomic mass is 32.1. The lowest BCUT2D eigenvalue weighted by atomic mass is 10.1.